The zero-order chi connectivity index (χ0) is 15.9. The van der Waals surface area contributed by atoms with Crippen molar-refractivity contribution in [3.05, 3.63) is 46.8 Å². The summed E-state index contributed by atoms with van der Waals surface area (Å²) in [7, 11) is 2.53. The summed E-state index contributed by atoms with van der Waals surface area (Å²) in [5.41, 5.74) is -2.27. The van der Waals surface area contributed by atoms with Crippen LogP contribution in [-0.2, 0) is 0 Å². The normalized spacial score (nSPS) is 10.8. The molecule has 2 aromatic rings. The van der Waals surface area contributed by atoms with Gasteiger partial charge in [0.1, 0.15) is 36.9 Å². The number of methoxy groups -OCH3 is 1. The summed E-state index contributed by atoms with van der Waals surface area (Å²) in [4.78, 5) is 0. The van der Waals surface area contributed by atoms with Crippen molar-refractivity contribution >= 4 is 13.3 Å². The lowest BCUT2D eigenvalue weighted by molar-refractivity contribution is 0.388. The van der Waals surface area contributed by atoms with Crippen LogP contribution in [0.1, 0.15) is 5.56 Å². The molecule has 0 saturated carbocycles. The molecule has 0 amide bonds. The van der Waals surface area contributed by atoms with Crippen LogP contribution in [0.4, 0.5) is 22.0 Å². The molecular weight excluding hydrogens is 290 g/mol. The van der Waals surface area contributed by atoms with Gasteiger partial charge in [-0.15, -0.1) is 0 Å². The van der Waals surface area contributed by atoms with Gasteiger partial charge in [-0.3, -0.25) is 0 Å². The van der Waals surface area contributed by atoms with Crippen molar-refractivity contribution in [1.82, 2.24) is 0 Å². The predicted molar refractivity (Wildman–Crippen MR) is 71.1 cm³/mol. The molecule has 110 valence electrons. The van der Waals surface area contributed by atoms with E-state index in [4.69, 9.17) is 4.74 Å². The first kappa shape index (κ1) is 15.3. The minimum Gasteiger partial charge on any atom is -0.494 e. The molecule has 0 fully saturated rings. The third-order valence-corrected chi connectivity index (χ3v) is 3.21. The molecule has 0 saturated heterocycles. The number of ether oxygens (including phenoxy) is 1. The van der Waals surface area contributed by atoms with Gasteiger partial charge in [-0.05, 0) is 18.5 Å². The van der Waals surface area contributed by atoms with Gasteiger partial charge in [0.15, 0.2) is 5.82 Å². The van der Waals surface area contributed by atoms with Crippen LogP contribution in [0, 0.1) is 36.0 Å². The first-order valence-corrected chi connectivity index (χ1v) is 5.96. The van der Waals surface area contributed by atoms with E-state index >= 15 is 0 Å². The van der Waals surface area contributed by atoms with Gasteiger partial charge in [0.2, 0.25) is 0 Å². The molecule has 0 aliphatic rings. The van der Waals surface area contributed by atoms with Gasteiger partial charge < -0.3 is 4.74 Å². The molecule has 0 aromatic heterocycles. The molecule has 0 atom stereocenters. The maximum Gasteiger partial charge on any atom is 0.175 e. The lowest BCUT2D eigenvalue weighted by Crippen LogP contribution is -2.13. The quantitative estimate of drug-likeness (QED) is 0.612. The SMILES string of the molecule is Bc1cc(F)c(-c2c(F)cc(F)c(C)c2F)c(F)c1OC. The number of halogens is 5. The van der Waals surface area contributed by atoms with Gasteiger partial charge in [0.05, 0.1) is 18.2 Å². The maximum atomic E-state index is 14.3. The molecule has 0 radical (unpaired) electrons. The fraction of sp³-hybridized carbons (Fsp3) is 0.143. The second-order valence-electron chi connectivity index (χ2n) is 4.55. The molecule has 0 aliphatic heterocycles. The summed E-state index contributed by atoms with van der Waals surface area (Å²) in [5, 5.41) is 0. The summed E-state index contributed by atoms with van der Waals surface area (Å²) in [6, 6.07) is 1.29. The van der Waals surface area contributed by atoms with Crippen LogP contribution in [0.5, 0.6) is 5.75 Å². The molecule has 1 nitrogen and oxygen atoms in total. The lowest BCUT2D eigenvalue weighted by atomic mass is 9.90. The monoisotopic (exact) mass is 300 g/mol. The first-order chi connectivity index (χ1) is 9.79. The lowest BCUT2D eigenvalue weighted by Gasteiger charge is -2.14. The summed E-state index contributed by atoms with van der Waals surface area (Å²) in [6.45, 7) is 1.05. The van der Waals surface area contributed by atoms with Crippen molar-refractivity contribution < 1.29 is 26.7 Å². The molecule has 0 bridgehead atoms. The van der Waals surface area contributed by atoms with E-state index in [1.807, 2.05) is 0 Å². The summed E-state index contributed by atoms with van der Waals surface area (Å²) in [6.07, 6.45) is 0. The molecule has 0 heterocycles. The van der Waals surface area contributed by atoms with E-state index in [9.17, 15) is 22.0 Å². The Hall–Kier alpha value is -2.05. The fourth-order valence-electron chi connectivity index (χ4n) is 2.12. The van der Waals surface area contributed by atoms with Crippen LogP contribution in [0.15, 0.2) is 12.1 Å². The molecular formula is C14H10BF5O. The molecule has 0 unspecified atom stereocenters. The third kappa shape index (κ3) is 2.37. The van der Waals surface area contributed by atoms with Crippen LogP contribution in [0.2, 0.25) is 0 Å². The van der Waals surface area contributed by atoms with Crippen LogP contribution >= 0.6 is 0 Å². The van der Waals surface area contributed by atoms with Gasteiger partial charge in [0, 0.05) is 11.6 Å². The maximum absolute atomic E-state index is 14.3. The Labute approximate surface area is 118 Å². The molecule has 2 aromatic carbocycles. The summed E-state index contributed by atoms with van der Waals surface area (Å²) >= 11 is 0. The van der Waals surface area contributed by atoms with Crippen LogP contribution in [-0.4, -0.2) is 15.0 Å². The standard InChI is InChI=1S/C14H10BF5O/c1-5-7(16)4-9(18)10(12(5)19)11-8(17)3-6(15)14(21-2)13(11)20/h3-4H,15H2,1-2H3. The smallest absolute Gasteiger partial charge is 0.175 e. The number of rotatable bonds is 2. The molecule has 0 spiro atoms. The van der Waals surface area contributed by atoms with Crippen molar-refractivity contribution in [2.24, 2.45) is 0 Å². The van der Waals surface area contributed by atoms with Gasteiger partial charge in [-0.2, -0.15) is 0 Å². The van der Waals surface area contributed by atoms with Crippen LogP contribution in [0.25, 0.3) is 11.1 Å². The average Bonchev–Trinajstić information content (AvgIpc) is 2.40. The highest BCUT2D eigenvalue weighted by Crippen LogP contribution is 2.35. The summed E-state index contributed by atoms with van der Waals surface area (Å²) < 4.78 is 74.2. The minimum atomic E-state index is -1.39. The highest BCUT2D eigenvalue weighted by molar-refractivity contribution is 6.34. The van der Waals surface area contributed by atoms with E-state index in [0.717, 1.165) is 20.1 Å². The predicted octanol–water partition coefficient (Wildman–Crippen LogP) is 2.62. The number of hydrogen-bond donors (Lipinski definition) is 0. The molecule has 2 rings (SSSR count). The van der Waals surface area contributed by atoms with Gasteiger partial charge in [-0.25, -0.2) is 22.0 Å². The van der Waals surface area contributed by atoms with E-state index in [2.05, 4.69) is 0 Å². The molecule has 7 heteroatoms. The highest BCUT2D eigenvalue weighted by atomic mass is 19.2. The Morgan fingerprint density at radius 2 is 1.38 bits per heavy atom. The second-order valence-corrected chi connectivity index (χ2v) is 4.55. The van der Waals surface area contributed by atoms with Crippen molar-refractivity contribution in [2.45, 2.75) is 6.92 Å². The number of hydrogen-bond acceptors (Lipinski definition) is 1. The highest BCUT2D eigenvalue weighted by Gasteiger charge is 2.26. The van der Waals surface area contributed by atoms with Crippen molar-refractivity contribution in [2.75, 3.05) is 7.11 Å². The molecule has 0 aliphatic carbocycles. The fourth-order valence-corrected chi connectivity index (χ4v) is 2.12. The van der Waals surface area contributed by atoms with Crippen molar-refractivity contribution in [3.63, 3.8) is 0 Å². The second kappa shape index (κ2) is 5.39. The van der Waals surface area contributed by atoms with E-state index < -0.39 is 45.8 Å². The van der Waals surface area contributed by atoms with E-state index in [1.54, 1.807) is 0 Å². The summed E-state index contributed by atoms with van der Waals surface area (Å²) in [5.74, 6) is -6.59. The molecule has 21 heavy (non-hydrogen) atoms. The van der Waals surface area contributed by atoms with Crippen molar-refractivity contribution in [1.29, 1.82) is 0 Å². The van der Waals surface area contributed by atoms with E-state index in [-0.39, 0.29) is 11.2 Å². The van der Waals surface area contributed by atoms with Gasteiger partial charge in [0.25, 0.3) is 0 Å². The average molecular weight is 300 g/mol. The zero-order valence-corrected chi connectivity index (χ0v) is 11.5. The Bertz CT molecular complexity index is 730. The van der Waals surface area contributed by atoms with Crippen LogP contribution < -0.4 is 10.2 Å². The third-order valence-electron chi connectivity index (χ3n) is 3.21. The van der Waals surface area contributed by atoms with Crippen LogP contribution in [0.3, 0.4) is 0 Å². The van der Waals surface area contributed by atoms with E-state index in [0.29, 0.717) is 6.07 Å². The Kier molecular flexibility index (Phi) is 3.94. The largest absolute Gasteiger partial charge is 0.494 e. The Morgan fingerprint density at radius 3 is 1.95 bits per heavy atom. The number of benzene rings is 2. The Morgan fingerprint density at radius 1 is 0.857 bits per heavy atom. The van der Waals surface area contributed by atoms with Gasteiger partial charge in [-0.1, -0.05) is 0 Å². The molecule has 0 N–H and O–H groups in total. The van der Waals surface area contributed by atoms with Crippen molar-refractivity contribution in [3.8, 4) is 16.9 Å². The Balaban J connectivity index is 2.89. The van der Waals surface area contributed by atoms with E-state index in [1.165, 1.54) is 7.85 Å². The van der Waals surface area contributed by atoms with Gasteiger partial charge >= 0.3 is 0 Å². The minimum absolute atomic E-state index is 0.135. The topological polar surface area (TPSA) is 9.23 Å². The zero-order valence-electron chi connectivity index (χ0n) is 11.5. The first-order valence-electron chi connectivity index (χ1n) is 5.96.